The van der Waals surface area contributed by atoms with Crippen molar-refractivity contribution in [1.82, 2.24) is 9.80 Å². The van der Waals surface area contributed by atoms with Crippen LogP contribution in [-0.4, -0.2) is 41.9 Å². The van der Waals surface area contributed by atoms with Crippen molar-refractivity contribution in [1.29, 1.82) is 0 Å². The van der Waals surface area contributed by atoms with E-state index in [1.807, 2.05) is 42.2 Å². The molecule has 1 aliphatic heterocycles. The number of rotatable bonds is 3. The molecule has 1 saturated heterocycles. The Labute approximate surface area is 147 Å². The highest BCUT2D eigenvalue weighted by Crippen LogP contribution is 2.18. The second-order valence-corrected chi connectivity index (χ2v) is 6.71. The Balaban J connectivity index is 1.60. The third-order valence-electron chi connectivity index (χ3n) is 4.45. The molecular weight excluding hydrogens is 322 g/mol. The average molecular weight is 344 g/mol. The van der Waals surface area contributed by atoms with E-state index in [9.17, 15) is 4.79 Å². The number of nitrogens with two attached hydrogens (primary N) is 1. The summed E-state index contributed by atoms with van der Waals surface area (Å²) in [6.45, 7) is 5.99. The van der Waals surface area contributed by atoms with Gasteiger partial charge in [0.2, 0.25) is 0 Å². The monoisotopic (exact) mass is 343 g/mol. The lowest BCUT2D eigenvalue weighted by molar-refractivity contribution is 0.0628. The van der Waals surface area contributed by atoms with Gasteiger partial charge in [-0.15, -0.1) is 0 Å². The van der Waals surface area contributed by atoms with Crippen LogP contribution >= 0.6 is 11.6 Å². The minimum absolute atomic E-state index is 0.0715. The predicted molar refractivity (Wildman–Crippen MR) is 98.2 cm³/mol. The number of benzene rings is 2. The maximum atomic E-state index is 12.7. The van der Waals surface area contributed by atoms with Crippen LogP contribution < -0.4 is 5.73 Å². The Morgan fingerprint density at radius 2 is 1.88 bits per heavy atom. The molecule has 0 unspecified atom stereocenters. The van der Waals surface area contributed by atoms with Crippen molar-refractivity contribution in [3.63, 3.8) is 0 Å². The molecule has 24 heavy (non-hydrogen) atoms. The SMILES string of the molecule is Cc1ccc(N)cc1C(=O)N1CCN(Cc2cccc(Cl)c2)CC1. The number of piperazine rings is 1. The molecule has 1 amide bonds. The molecule has 0 bridgehead atoms. The minimum atomic E-state index is 0.0715. The summed E-state index contributed by atoms with van der Waals surface area (Å²) in [5.74, 6) is 0.0715. The van der Waals surface area contributed by atoms with E-state index in [2.05, 4.69) is 11.0 Å². The summed E-state index contributed by atoms with van der Waals surface area (Å²) in [5.41, 5.74) is 9.33. The van der Waals surface area contributed by atoms with Crippen LogP contribution in [0, 0.1) is 6.92 Å². The highest BCUT2D eigenvalue weighted by molar-refractivity contribution is 6.30. The summed E-state index contributed by atoms with van der Waals surface area (Å²) in [7, 11) is 0. The molecule has 126 valence electrons. The van der Waals surface area contributed by atoms with Gasteiger partial charge in [0.25, 0.3) is 5.91 Å². The van der Waals surface area contributed by atoms with Crippen molar-refractivity contribution in [2.45, 2.75) is 13.5 Å². The minimum Gasteiger partial charge on any atom is -0.399 e. The molecule has 0 atom stereocenters. The van der Waals surface area contributed by atoms with E-state index >= 15 is 0 Å². The topological polar surface area (TPSA) is 49.6 Å². The fourth-order valence-corrected chi connectivity index (χ4v) is 3.26. The van der Waals surface area contributed by atoms with Gasteiger partial charge >= 0.3 is 0 Å². The Kier molecular flexibility index (Phi) is 5.07. The molecule has 0 saturated carbocycles. The van der Waals surface area contributed by atoms with Gasteiger partial charge in [0.15, 0.2) is 0 Å². The van der Waals surface area contributed by atoms with E-state index in [0.29, 0.717) is 11.3 Å². The van der Waals surface area contributed by atoms with Crippen molar-refractivity contribution >= 4 is 23.2 Å². The normalized spacial score (nSPS) is 15.5. The van der Waals surface area contributed by atoms with Crippen LogP contribution in [0.1, 0.15) is 21.5 Å². The van der Waals surface area contributed by atoms with Gasteiger partial charge in [-0.25, -0.2) is 0 Å². The summed E-state index contributed by atoms with van der Waals surface area (Å²) in [4.78, 5) is 17.0. The first-order chi connectivity index (χ1) is 11.5. The number of hydrogen-bond donors (Lipinski definition) is 1. The number of anilines is 1. The molecule has 1 fully saturated rings. The molecule has 5 heteroatoms. The second kappa shape index (κ2) is 7.24. The highest BCUT2D eigenvalue weighted by Gasteiger charge is 2.23. The maximum Gasteiger partial charge on any atom is 0.254 e. The second-order valence-electron chi connectivity index (χ2n) is 6.27. The van der Waals surface area contributed by atoms with E-state index < -0.39 is 0 Å². The number of aryl methyl sites for hydroxylation is 1. The van der Waals surface area contributed by atoms with Gasteiger partial charge in [-0.1, -0.05) is 29.8 Å². The fourth-order valence-electron chi connectivity index (χ4n) is 3.04. The van der Waals surface area contributed by atoms with Crippen LogP contribution in [0.15, 0.2) is 42.5 Å². The van der Waals surface area contributed by atoms with Gasteiger partial charge < -0.3 is 10.6 Å². The molecule has 0 radical (unpaired) electrons. The Hall–Kier alpha value is -2.04. The number of carbonyl (C=O) groups excluding carboxylic acids is 1. The summed E-state index contributed by atoms with van der Waals surface area (Å²) >= 11 is 6.04. The van der Waals surface area contributed by atoms with Crippen molar-refractivity contribution in [2.75, 3.05) is 31.9 Å². The van der Waals surface area contributed by atoms with Crippen LogP contribution in [-0.2, 0) is 6.54 Å². The van der Waals surface area contributed by atoms with E-state index in [1.54, 1.807) is 6.07 Å². The number of amides is 1. The molecule has 1 heterocycles. The van der Waals surface area contributed by atoms with E-state index in [0.717, 1.165) is 43.3 Å². The van der Waals surface area contributed by atoms with Gasteiger partial charge in [0, 0.05) is 49.0 Å². The molecule has 2 aromatic rings. The summed E-state index contributed by atoms with van der Waals surface area (Å²) < 4.78 is 0. The zero-order chi connectivity index (χ0) is 17.1. The van der Waals surface area contributed by atoms with Crippen molar-refractivity contribution in [3.05, 3.63) is 64.2 Å². The first-order valence-corrected chi connectivity index (χ1v) is 8.53. The average Bonchev–Trinajstić information content (AvgIpc) is 2.57. The van der Waals surface area contributed by atoms with Crippen molar-refractivity contribution in [3.8, 4) is 0 Å². The molecule has 0 spiro atoms. The summed E-state index contributed by atoms with van der Waals surface area (Å²) in [5, 5.41) is 0.762. The lowest BCUT2D eigenvalue weighted by Gasteiger charge is -2.35. The van der Waals surface area contributed by atoms with Crippen LogP contribution in [0.5, 0.6) is 0 Å². The van der Waals surface area contributed by atoms with Gasteiger partial charge in [-0.3, -0.25) is 9.69 Å². The first-order valence-electron chi connectivity index (χ1n) is 8.15. The number of nitrogens with zero attached hydrogens (tertiary/aromatic N) is 2. The largest absolute Gasteiger partial charge is 0.399 e. The lowest BCUT2D eigenvalue weighted by Crippen LogP contribution is -2.48. The van der Waals surface area contributed by atoms with Crippen molar-refractivity contribution in [2.24, 2.45) is 0 Å². The van der Waals surface area contributed by atoms with Crippen LogP contribution in [0.3, 0.4) is 0 Å². The maximum absolute atomic E-state index is 12.7. The quantitative estimate of drug-likeness (QED) is 0.871. The molecule has 0 aliphatic carbocycles. The van der Waals surface area contributed by atoms with Gasteiger partial charge in [-0.2, -0.15) is 0 Å². The van der Waals surface area contributed by atoms with Crippen molar-refractivity contribution < 1.29 is 4.79 Å². The van der Waals surface area contributed by atoms with Crippen LogP contribution in [0.2, 0.25) is 5.02 Å². The molecular formula is C19H22ClN3O. The first kappa shape index (κ1) is 16.8. The number of carbonyl (C=O) groups is 1. The number of hydrogen-bond acceptors (Lipinski definition) is 3. The molecule has 3 rings (SSSR count). The number of halogens is 1. The Morgan fingerprint density at radius 3 is 2.58 bits per heavy atom. The molecule has 0 aromatic heterocycles. The standard InChI is InChI=1S/C19H22ClN3O/c1-14-5-6-17(21)12-18(14)19(24)23-9-7-22(8-10-23)13-15-3-2-4-16(20)11-15/h2-6,11-12H,7-10,13,21H2,1H3. The zero-order valence-electron chi connectivity index (χ0n) is 13.8. The van der Waals surface area contributed by atoms with Gasteiger partial charge in [0.05, 0.1) is 0 Å². The fraction of sp³-hybridized carbons (Fsp3) is 0.316. The van der Waals surface area contributed by atoms with Crippen LogP contribution in [0.25, 0.3) is 0 Å². The molecule has 2 aromatic carbocycles. The summed E-state index contributed by atoms with van der Waals surface area (Å²) in [6, 6.07) is 13.4. The third kappa shape index (κ3) is 3.89. The van der Waals surface area contributed by atoms with E-state index in [4.69, 9.17) is 17.3 Å². The lowest BCUT2D eigenvalue weighted by atomic mass is 10.1. The smallest absolute Gasteiger partial charge is 0.254 e. The highest BCUT2D eigenvalue weighted by atomic mass is 35.5. The number of nitrogen functional groups attached to an aromatic ring is 1. The third-order valence-corrected chi connectivity index (χ3v) is 4.68. The molecule has 1 aliphatic rings. The van der Waals surface area contributed by atoms with Gasteiger partial charge in [0.1, 0.15) is 0 Å². The zero-order valence-corrected chi connectivity index (χ0v) is 14.6. The predicted octanol–water partition coefficient (Wildman–Crippen LogP) is 3.19. The Bertz CT molecular complexity index is 739. The Morgan fingerprint density at radius 1 is 1.12 bits per heavy atom. The molecule has 2 N–H and O–H groups in total. The summed E-state index contributed by atoms with van der Waals surface area (Å²) in [6.07, 6.45) is 0. The van der Waals surface area contributed by atoms with E-state index in [-0.39, 0.29) is 5.91 Å². The van der Waals surface area contributed by atoms with Gasteiger partial charge in [-0.05, 0) is 42.3 Å². The van der Waals surface area contributed by atoms with E-state index in [1.165, 1.54) is 5.56 Å². The molecule has 4 nitrogen and oxygen atoms in total. The van der Waals surface area contributed by atoms with Crippen LogP contribution in [0.4, 0.5) is 5.69 Å².